The van der Waals surface area contributed by atoms with Crippen molar-refractivity contribution < 1.29 is 8.42 Å². The van der Waals surface area contributed by atoms with E-state index < -0.39 is 10.0 Å². The zero-order valence-electron chi connectivity index (χ0n) is 12.5. The summed E-state index contributed by atoms with van der Waals surface area (Å²) in [6, 6.07) is 3.14. The molecule has 1 atom stereocenters. The molecule has 2 rings (SSSR count). The third kappa shape index (κ3) is 2.96. The fourth-order valence-electron chi connectivity index (χ4n) is 2.51. The van der Waals surface area contributed by atoms with Gasteiger partial charge in [0, 0.05) is 32.4 Å². The number of rotatable bonds is 3. The molecule has 2 heterocycles. The van der Waals surface area contributed by atoms with Crippen molar-refractivity contribution in [2.75, 3.05) is 25.5 Å². The summed E-state index contributed by atoms with van der Waals surface area (Å²) < 4.78 is 26.9. The van der Waals surface area contributed by atoms with E-state index in [0.717, 1.165) is 6.42 Å². The van der Waals surface area contributed by atoms with E-state index in [1.165, 1.54) is 6.20 Å². The Morgan fingerprint density at radius 3 is 2.65 bits per heavy atom. The van der Waals surface area contributed by atoms with Gasteiger partial charge in [0.15, 0.2) is 0 Å². The molecule has 112 valence electrons. The third-order valence-electron chi connectivity index (χ3n) is 4.00. The first-order valence-corrected chi connectivity index (χ1v) is 8.33. The Balaban J connectivity index is 2.23. The molecule has 1 N–H and O–H groups in total. The average Bonchev–Trinajstić information content (AvgIpc) is 2.89. The summed E-state index contributed by atoms with van der Waals surface area (Å²) in [5, 5.41) is 2.87. The van der Waals surface area contributed by atoms with Gasteiger partial charge in [-0.15, -0.1) is 0 Å². The number of pyridine rings is 1. The molecular formula is C14H23N3O2S. The predicted octanol–water partition coefficient (Wildman–Crippen LogP) is 2.18. The lowest BCUT2D eigenvalue weighted by molar-refractivity contribution is 0.252. The SMILES string of the molecule is CNc1cc(S(=O)(=O)N2CCC(C(C)(C)C)C2)ccn1. The van der Waals surface area contributed by atoms with Gasteiger partial charge in [0.05, 0.1) is 4.90 Å². The molecule has 1 aromatic heterocycles. The lowest BCUT2D eigenvalue weighted by Gasteiger charge is -2.26. The van der Waals surface area contributed by atoms with Crippen molar-refractivity contribution in [2.24, 2.45) is 11.3 Å². The number of nitrogens with one attached hydrogen (secondary N) is 1. The molecule has 0 saturated carbocycles. The van der Waals surface area contributed by atoms with E-state index in [4.69, 9.17) is 0 Å². The van der Waals surface area contributed by atoms with Gasteiger partial charge < -0.3 is 5.32 Å². The average molecular weight is 297 g/mol. The minimum atomic E-state index is -3.41. The smallest absolute Gasteiger partial charge is 0.243 e. The van der Waals surface area contributed by atoms with E-state index in [1.807, 2.05) is 0 Å². The number of sulfonamides is 1. The van der Waals surface area contributed by atoms with Crippen LogP contribution in [0.5, 0.6) is 0 Å². The minimum Gasteiger partial charge on any atom is -0.373 e. The summed E-state index contributed by atoms with van der Waals surface area (Å²) in [6.07, 6.45) is 2.45. The zero-order valence-corrected chi connectivity index (χ0v) is 13.4. The van der Waals surface area contributed by atoms with Gasteiger partial charge in [-0.05, 0) is 23.8 Å². The molecule has 1 aromatic rings. The predicted molar refractivity (Wildman–Crippen MR) is 80.1 cm³/mol. The van der Waals surface area contributed by atoms with Gasteiger partial charge >= 0.3 is 0 Å². The largest absolute Gasteiger partial charge is 0.373 e. The summed E-state index contributed by atoms with van der Waals surface area (Å²) >= 11 is 0. The van der Waals surface area contributed by atoms with Gasteiger partial charge in [-0.1, -0.05) is 20.8 Å². The fraction of sp³-hybridized carbons (Fsp3) is 0.643. The fourth-order valence-corrected chi connectivity index (χ4v) is 4.02. The first-order valence-electron chi connectivity index (χ1n) is 6.89. The van der Waals surface area contributed by atoms with Crippen molar-refractivity contribution in [3.8, 4) is 0 Å². The molecule has 0 radical (unpaired) electrons. The van der Waals surface area contributed by atoms with Gasteiger partial charge in [-0.2, -0.15) is 4.31 Å². The number of hydrogen-bond acceptors (Lipinski definition) is 4. The van der Waals surface area contributed by atoms with Crippen molar-refractivity contribution in [2.45, 2.75) is 32.1 Å². The standard InChI is InChI=1S/C14H23N3O2S/c1-14(2,3)11-6-8-17(10-11)20(18,19)12-5-7-16-13(9-12)15-4/h5,7,9,11H,6,8,10H2,1-4H3,(H,15,16). The molecule has 0 amide bonds. The molecule has 6 heteroatoms. The highest BCUT2D eigenvalue weighted by atomic mass is 32.2. The lowest BCUT2D eigenvalue weighted by atomic mass is 9.80. The summed E-state index contributed by atoms with van der Waals surface area (Å²) in [6.45, 7) is 7.70. The lowest BCUT2D eigenvalue weighted by Crippen LogP contribution is -2.31. The van der Waals surface area contributed by atoms with Crippen LogP contribution < -0.4 is 5.32 Å². The molecule has 1 fully saturated rings. The molecular weight excluding hydrogens is 274 g/mol. The number of nitrogens with zero attached hydrogens (tertiary/aromatic N) is 2. The highest BCUT2D eigenvalue weighted by Crippen LogP contribution is 2.35. The second kappa shape index (κ2) is 5.33. The van der Waals surface area contributed by atoms with E-state index in [2.05, 4.69) is 31.1 Å². The van der Waals surface area contributed by atoms with Crippen LogP contribution in [0.2, 0.25) is 0 Å². The molecule has 5 nitrogen and oxygen atoms in total. The highest BCUT2D eigenvalue weighted by Gasteiger charge is 2.37. The topological polar surface area (TPSA) is 62.3 Å². The number of anilines is 1. The molecule has 0 aliphatic carbocycles. The van der Waals surface area contributed by atoms with Gasteiger partial charge in [-0.25, -0.2) is 13.4 Å². The van der Waals surface area contributed by atoms with Crippen LogP contribution >= 0.6 is 0 Å². The maximum Gasteiger partial charge on any atom is 0.243 e. The third-order valence-corrected chi connectivity index (χ3v) is 5.86. The Morgan fingerprint density at radius 2 is 2.10 bits per heavy atom. The Morgan fingerprint density at radius 1 is 1.40 bits per heavy atom. The van der Waals surface area contributed by atoms with E-state index in [1.54, 1.807) is 23.5 Å². The molecule has 1 unspecified atom stereocenters. The van der Waals surface area contributed by atoms with Crippen LogP contribution in [-0.2, 0) is 10.0 Å². The molecule has 20 heavy (non-hydrogen) atoms. The van der Waals surface area contributed by atoms with Crippen LogP contribution in [0.15, 0.2) is 23.2 Å². The van der Waals surface area contributed by atoms with E-state index in [-0.39, 0.29) is 5.41 Å². The first kappa shape index (κ1) is 15.3. The van der Waals surface area contributed by atoms with E-state index >= 15 is 0 Å². The quantitative estimate of drug-likeness (QED) is 0.929. The molecule has 1 saturated heterocycles. The Kier molecular flexibility index (Phi) is 4.07. The van der Waals surface area contributed by atoms with Crippen molar-refractivity contribution in [1.82, 2.24) is 9.29 Å². The normalized spacial score (nSPS) is 21.1. The number of hydrogen-bond donors (Lipinski definition) is 1. The molecule has 1 aliphatic heterocycles. The summed E-state index contributed by atoms with van der Waals surface area (Å²) in [5.41, 5.74) is 0.138. The maximum atomic E-state index is 12.6. The van der Waals surface area contributed by atoms with Crippen LogP contribution in [0.25, 0.3) is 0 Å². The van der Waals surface area contributed by atoms with Crippen molar-refractivity contribution in [3.05, 3.63) is 18.3 Å². The molecule has 0 aromatic carbocycles. The Labute approximate surface area is 121 Å². The Hall–Kier alpha value is -1.14. The molecule has 1 aliphatic rings. The van der Waals surface area contributed by atoms with Crippen molar-refractivity contribution in [3.63, 3.8) is 0 Å². The second-order valence-electron chi connectivity index (χ2n) is 6.34. The minimum absolute atomic E-state index is 0.138. The van der Waals surface area contributed by atoms with Gasteiger partial charge in [-0.3, -0.25) is 0 Å². The van der Waals surface area contributed by atoms with Gasteiger partial charge in [0.1, 0.15) is 5.82 Å². The van der Waals surface area contributed by atoms with Crippen LogP contribution in [0.1, 0.15) is 27.2 Å². The van der Waals surface area contributed by atoms with Crippen LogP contribution in [0.3, 0.4) is 0 Å². The van der Waals surface area contributed by atoms with Gasteiger partial charge in [0.25, 0.3) is 0 Å². The summed E-state index contributed by atoms with van der Waals surface area (Å²) in [4.78, 5) is 4.37. The van der Waals surface area contributed by atoms with E-state index in [0.29, 0.717) is 29.7 Å². The number of aromatic nitrogens is 1. The zero-order chi connectivity index (χ0) is 15.0. The monoisotopic (exact) mass is 297 g/mol. The second-order valence-corrected chi connectivity index (χ2v) is 8.28. The van der Waals surface area contributed by atoms with Crippen LogP contribution in [0, 0.1) is 11.3 Å². The van der Waals surface area contributed by atoms with Gasteiger partial charge in [0.2, 0.25) is 10.0 Å². The van der Waals surface area contributed by atoms with Crippen molar-refractivity contribution in [1.29, 1.82) is 0 Å². The van der Waals surface area contributed by atoms with Crippen molar-refractivity contribution >= 4 is 15.8 Å². The molecule has 0 spiro atoms. The van der Waals surface area contributed by atoms with E-state index in [9.17, 15) is 8.42 Å². The van der Waals surface area contributed by atoms with Crippen LogP contribution in [-0.4, -0.2) is 37.8 Å². The highest BCUT2D eigenvalue weighted by molar-refractivity contribution is 7.89. The summed E-state index contributed by atoms with van der Waals surface area (Å²) in [7, 11) is -1.68. The van der Waals surface area contributed by atoms with Crippen LogP contribution in [0.4, 0.5) is 5.82 Å². The first-order chi connectivity index (χ1) is 9.25. The molecule has 0 bridgehead atoms. The maximum absolute atomic E-state index is 12.6. The summed E-state index contributed by atoms with van der Waals surface area (Å²) in [5.74, 6) is 0.973. The Bertz CT molecular complexity index is 578.